The molecule has 3 heteroatoms. The SMILES string of the molecule is Brc1cccc(OC(CNC2CC2)c2ccccc2)c1. The van der Waals surface area contributed by atoms with Crippen LogP contribution in [-0.2, 0) is 0 Å². The lowest BCUT2D eigenvalue weighted by Crippen LogP contribution is -2.26. The number of halogens is 1. The minimum Gasteiger partial charge on any atom is -0.484 e. The maximum atomic E-state index is 6.17. The van der Waals surface area contributed by atoms with Gasteiger partial charge in [0.25, 0.3) is 0 Å². The van der Waals surface area contributed by atoms with Crippen LogP contribution >= 0.6 is 15.9 Å². The Balaban J connectivity index is 1.73. The molecular weight excluding hydrogens is 314 g/mol. The molecule has 0 spiro atoms. The van der Waals surface area contributed by atoms with E-state index in [4.69, 9.17) is 4.74 Å². The number of rotatable bonds is 6. The molecule has 0 aromatic heterocycles. The summed E-state index contributed by atoms with van der Waals surface area (Å²) in [6.45, 7) is 0.848. The highest BCUT2D eigenvalue weighted by Gasteiger charge is 2.23. The molecule has 1 fully saturated rings. The molecule has 0 radical (unpaired) electrons. The second-order valence-corrected chi connectivity index (χ2v) is 6.07. The molecule has 1 N–H and O–H groups in total. The van der Waals surface area contributed by atoms with E-state index in [-0.39, 0.29) is 6.10 Å². The minimum atomic E-state index is 0.0473. The average Bonchev–Trinajstić information content (AvgIpc) is 3.29. The fourth-order valence-electron chi connectivity index (χ4n) is 2.16. The normalized spacial score (nSPS) is 15.8. The topological polar surface area (TPSA) is 21.3 Å². The Bertz CT molecular complexity index is 554. The average molecular weight is 332 g/mol. The second kappa shape index (κ2) is 6.42. The summed E-state index contributed by atoms with van der Waals surface area (Å²) in [4.78, 5) is 0. The summed E-state index contributed by atoms with van der Waals surface area (Å²) in [7, 11) is 0. The summed E-state index contributed by atoms with van der Waals surface area (Å²) in [5.74, 6) is 0.894. The predicted octanol–water partition coefficient (Wildman–Crippen LogP) is 4.32. The van der Waals surface area contributed by atoms with Crippen LogP contribution in [-0.4, -0.2) is 12.6 Å². The molecule has 1 saturated carbocycles. The van der Waals surface area contributed by atoms with E-state index in [1.165, 1.54) is 18.4 Å². The van der Waals surface area contributed by atoms with Gasteiger partial charge in [0.1, 0.15) is 11.9 Å². The molecule has 1 atom stereocenters. The molecular formula is C17H18BrNO. The Morgan fingerprint density at radius 2 is 1.90 bits per heavy atom. The summed E-state index contributed by atoms with van der Waals surface area (Å²) in [5.41, 5.74) is 1.21. The Hall–Kier alpha value is -1.32. The van der Waals surface area contributed by atoms with Crippen molar-refractivity contribution in [3.05, 3.63) is 64.6 Å². The molecule has 20 heavy (non-hydrogen) atoms. The first kappa shape index (κ1) is 13.7. The molecule has 1 unspecified atom stereocenters. The smallest absolute Gasteiger partial charge is 0.136 e. The molecule has 2 aromatic rings. The van der Waals surface area contributed by atoms with Crippen molar-refractivity contribution in [1.82, 2.24) is 5.32 Å². The van der Waals surface area contributed by atoms with E-state index in [0.29, 0.717) is 6.04 Å². The molecule has 1 aliphatic rings. The molecule has 1 aliphatic carbocycles. The number of nitrogens with one attached hydrogen (secondary N) is 1. The van der Waals surface area contributed by atoms with Crippen LogP contribution in [0.1, 0.15) is 24.5 Å². The first-order valence-electron chi connectivity index (χ1n) is 7.02. The van der Waals surface area contributed by atoms with Crippen LogP contribution in [0.5, 0.6) is 5.75 Å². The van der Waals surface area contributed by atoms with E-state index in [1.54, 1.807) is 0 Å². The van der Waals surface area contributed by atoms with Gasteiger partial charge >= 0.3 is 0 Å². The van der Waals surface area contributed by atoms with Gasteiger partial charge in [0, 0.05) is 17.1 Å². The van der Waals surface area contributed by atoms with Crippen LogP contribution in [0.15, 0.2) is 59.1 Å². The van der Waals surface area contributed by atoms with Gasteiger partial charge in [-0.25, -0.2) is 0 Å². The van der Waals surface area contributed by atoms with Crippen molar-refractivity contribution < 1.29 is 4.74 Å². The largest absolute Gasteiger partial charge is 0.484 e. The summed E-state index contributed by atoms with van der Waals surface area (Å²) in [5, 5.41) is 3.55. The number of hydrogen-bond acceptors (Lipinski definition) is 2. The lowest BCUT2D eigenvalue weighted by atomic mass is 10.1. The van der Waals surface area contributed by atoms with Gasteiger partial charge in [-0.15, -0.1) is 0 Å². The Morgan fingerprint density at radius 1 is 1.10 bits per heavy atom. The van der Waals surface area contributed by atoms with Gasteiger partial charge < -0.3 is 10.1 Å². The van der Waals surface area contributed by atoms with Crippen LogP contribution in [0.3, 0.4) is 0 Å². The van der Waals surface area contributed by atoms with Gasteiger partial charge in [0.05, 0.1) is 0 Å². The second-order valence-electron chi connectivity index (χ2n) is 5.16. The quantitative estimate of drug-likeness (QED) is 0.851. The van der Waals surface area contributed by atoms with E-state index < -0.39 is 0 Å². The highest BCUT2D eigenvalue weighted by atomic mass is 79.9. The minimum absolute atomic E-state index is 0.0473. The highest BCUT2D eigenvalue weighted by Crippen LogP contribution is 2.26. The van der Waals surface area contributed by atoms with Gasteiger partial charge in [-0.05, 0) is 36.6 Å². The molecule has 0 aliphatic heterocycles. The Kier molecular flexibility index (Phi) is 4.38. The number of hydrogen-bond donors (Lipinski definition) is 1. The van der Waals surface area contributed by atoms with Crippen molar-refractivity contribution in [3.8, 4) is 5.75 Å². The summed E-state index contributed by atoms with van der Waals surface area (Å²) >= 11 is 3.48. The van der Waals surface area contributed by atoms with Crippen molar-refractivity contribution in [1.29, 1.82) is 0 Å². The Labute approximate surface area is 128 Å². The van der Waals surface area contributed by atoms with Crippen molar-refractivity contribution in [2.45, 2.75) is 25.0 Å². The molecule has 2 aromatic carbocycles. The van der Waals surface area contributed by atoms with Gasteiger partial charge in [0.15, 0.2) is 0 Å². The lowest BCUT2D eigenvalue weighted by molar-refractivity contribution is 0.201. The fraction of sp³-hybridized carbons (Fsp3) is 0.294. The van der Waals surface area contributed by atoms with E-state index in [2.05, 4.69) is 45.5 Å². The van der Waals surface area contributed by atoms with Crippen LogP contribution in [0.2, 0.25) is 0 Å². The highest BCUT2D eigenvalue weighted by molar-refractivity contribution is 9.10. The summed E-state index contributed by atoms with van der Waals surface area (Å²) in [6.07, 6.45) is 2.63. The molecule has 3 rings (SSSR count). The molecule has 0 heterocycles. The van der Waals surface area contributed by atoms with Gasteiger partial charge in [-0.2, -0.15) is 0 Å². The predicted molar refractivity (Wildman–Crippen MR) is 85.0 cm³/mol. The fourth-order valence-corrected chi connectivity index (χ4v) is 2.54. The zero-order valence-corrected chi connectivity index (χ0v) is 12.8. The maximum absolute atomic E-state index is 6.17. The zero-order chi connectivity index (χ0) is 13.8. The number of benzene rings is 2. The van der Waals surface area contributed by atoms with E-state index >= 15 is 0 Å². The molecule has 0 amide bonds. The van der Waals surface area contributed by atoms with Crippen molar-refractivity contribution in [2.24, 2.45) is 0 Å². The third-order valence-electron chi connectivity index (χ3n) is 3.42. The third-order valence-corrected chi connectivity index (χ3v) is 3.91. The van der Waals surface area contributed by atoms with E-state index in [9.17, 15) is 0 Å². The first-order valence-corrected chi connectivity index (χ1v) is 7.81. The molecule has 0 saturated heterocycles. The van der Waals surface area contributed by atoms with Gasteiger partial charge in [-0.3, -0.25) is 0 Å². The first-order chi connectivity index (χ1) is 9.81. The molecule has 104 valence electrons. The van der Waals surface area contributed by atoms with Crippen LogP contribution in [0.25, 0.3) is 0 Å². The summed E-state index contributed by atoms with van der Waals surface area (Å²) in [6, 6.07) is 19.1. The summed E-state index contributed by atoms with van der Waals surface area (Å²) < 4.78 is 7.21. The van der Waals surface area contributed by atoms with Crippen molar-refractivity contribution >= 4 is 15.9 Å². The number of ether oxygens (including phenoxy) is 1. The van der Waals surface area contributed by atoms with Crippen LogP contribution in [0, 0.1) is 0 Å². The van der Waals surface area contributed by atoms with E-state index in [1.807, 2.05) is 30.3 Å². The van der Waals surface area contributed by atoms with Gasteiger partial charge in [0.2, 0.25) is 0 Å². The third kappa shape index (κ3) is 3.84. The van der Waals surface area contributed by atoms with Crippen molar-refractivity contribution in [2.75, 3.05) is 6.54 Å². The molecule has 2 nitrogen and oxygen atoms in total. The maximum Gasteiger partial charge on any atom is 0.136 e. The van der Waals surface area contributed by atoms with Crippen LogP contribution < -0.4 is 10.1 Å². The Morgan fingerprint density at radius 3 is 2.60 bits per heavy atom. The monoisotopic (exact) mass is 331 g/mol. The standard InChI is InChI=1S/C17H18BrNO/c18-14-7-4-8-16(11-14)20-17(12-19-15-9-10-15)13-5-2-1-3-6-13/h1-8,11,15,17,19H,9-10,12H2. The van der Waals surface area contributed by atoms with Gasteiger partial charge in [-0.1, -0.05) is 52.3 Å². The molecule has 0 bridgehead atoms. The zero-order valence-electron chi connectivity index (χ0n) is 11.3. The van der Waals surface area contributed by atoms with E-state index in [0.717, 1.165) is 16.8 Å². The lowest BCUT2D eigenvalue weighted by Gasteiger charge is -2.20. The van der Waals surface area contributed by atoms with Crippen LogP contribution in [0.4, 0.5) is 0 Å². The van der Waals surface area contributed by atoms with Crippen molar-refractivity contribution in [3.63, 3.8) is 0 Å².